The normalized spacial score (nSPS) is 16.5. The first-order valence-corrected chi connectivity index (χ1v) is 7.87. The molecule has 1 heterocycles. The van der Waals surface area contributed by atoms with Crippen molar-refractivity contribution in [2.24, 2.45) is 0 Å². The van der Waals surface area contributed by atoms with Crippen LogP contribution in [0.2, 0.25) is 0 Å². The molecule has 0 amide bonds. The third-order valence-corrected chi connectivity index (χ3v) is 4.13. The zero-order valence-electron chi connectivity index (χ0n) is 12.9. The molecule has 2 rings (SSSR count). The maximum absolute atomic E-state index is 5.41. The summed E-state index contributed by atoms with van der Waals surface area (Å²) in [6, 6.07) is 10.3. The fourth-order valence-corrected chi connectivity index (χ4v) is 2.56. The standard InChI is InChI=1S/C16H25N3OS/c1-16(2,19-8-10-20-11-9-19)13-18-15(21)17-12-14-6-4-3-5-7-14/h3-7H,8-13H2,1-2H3,(H2,17,18,21). The quantitative estimate of drug-likeness (QED) is 0.811. The van der Waals surface area contributed by atoms with Gasteiger partial charge in [0.25, 0.3) is 0 Å². The summed E-state index contributed by atoms with van der Waals surface area (Å²) in [4.78, 5) is 2.45. The van der Waals surface area contributed by atoms with E-state index >= 15 is 0 Å². The Morgan fingerprint density at radius 2 is 1.86 bits per heavy atom. The number of nitrogens with zero attached hydrogens (tertiary/aromatic N) is 1. The maximum Gasteiger partial charge on any atom is 0.166 e. The SMILES string of the molecule is CC(C)(CNC(=S)NCc1ccccc1)N1CCOCC1. The van der Waals surface area contributed by atoms with Gasteiger partial charge in [0.2, 0.25) is 0 Å². The predicted octanol–water partition coefficient (Wildman–Crippen LogP) is 1.76. The predicted molar refractivity (Wildman–Crippen MR) is 90.4 cm³/mol. The van der Waals surface area contributed by atoms with Crippen LogP contribution >= 0.6 is 12.2 Å². The Bertz CT molecular complexity index is 444. The Hall–Kier alpha value is -1.17. The van der Waals surface area contributed by atoms with Crippen LogP contribution in [-0.4, -0.2) is 48.4 Å². The van der Waals surface area contributed by atoms with Gasteiger partial charge in [-0.05, 0) is 31.6 Å². The molecule has 2 N–H and O–H groups in total. The molecule has 1 aromatic rings. The highest BCUT2D eigenvalue weighted by Gasteiger charge is 2.28. The summed E-state index contributed by atoms with van der Waals surface area (Å²) in [5, 5.41) is 7.29. The van der Waals surface area contributed by atoms with Crippen molar-refractivity contribution in [3.05, 3.63) is 35.9 Å². The van der Waals surface area contributed by atoms with E-state index in [-0.39, 0.29) is 5.54 Å². The first-order valence-electron chi connectivity index (χ1n) is 7.46. The van der Waals surface area contributed by atoms with Crippen molar-refractivity contribution in [2.45, 2.75) is 25.9 Å². The van der Waals surface area contributed by atoms with Crippen molar-refractivity contribution in [2.75, 3.05) is 32.8 Å². The molecule has 1 fully saturated rings. The largest absolute Gasteiger partial charge is 0.379 e. The molecule has 1 aliphatic heterocycles. The topological polar surface area (TPSA) is 36.5 Å². The van der Waals surface area contributed by atoms with E-state index in [2.05, 4.69) is 41.5 Å². The molecule has 0 spiro atoms. The van der Waals surface area contributed by atoms with Crippen LogP contribution in [0.5, 0.6) is 0 Å². The van der Waals surface area contributed by atoms with Gasteiger partial charge in [-0.15, -0.1) is 0 Å². The van der Waals surface area contributed by atoms with Crippen LogP contribution in [0.15, 0.2) is 30.3 Å². The molecule has 0 aromatic heterocycles. The lowest BCUT2D eigenvalue weighted by Crippen LogP contribution is -2.56. The van der Waals surface area contributed by atoms with E-state index in [9.17, 15) is 0 Å². The number of hydrogen-bond acceptors (Lipinski definition) is 3. The van der Waals surface area contributed by atoms with E-state index in [0.29, 0.717) is 5.11 Å². The van der Waals surface area contributed by atoms with Crippen molar-refractivity contribution >= 4 is 17.3 Å². The number of morpholine rings is 1. The molecular formula is C16H25N3OS. The number of nitrogens with one attached hydrogen (secondary N) is 2. The third kappa shape index (κ3) is 5.26. The Balaban J connectivity index is 1.72. The molecule has 1 saturated heterocycles. The van der Waals surface area contributed by atoms with Gasteiger partial charge in [-0.3, -0.25) is 4.90 Å². The van der Waals surface area contributed by atoms with Crippen LogP contribution in [0.3, 0.4) is 0 Å². The molecule has 4 nitrogen and oxygen atoms in total. The molecule has 21 heavy (non-hydrogen) atoms. The van der Waals surface area contributed by atoms with Gasteiger partial charge in [-0.2, -0.15) is 0 Å². The van der Waals surface area contributed by atoms with Crippen molar-refractivity contribution in [3.63, 3.8) is 0 Å². The van der Waals surface area contributed by atoms with Crippen LogP contribution in [0.25, 0.3) is 0 Å². The Morgan fingerprint density at radius 1 is 1.19 bits per heavy atom. The second kappa shape index (κ2) is 7.73. The van der Waals surface area contributed by atoms with Crippen LogP contribution < -0.4 is 10.6 Å². The lowest BCUT2D eigenvalue weighted by Gasteiger charge is -2.41. The van der Waals surface area contributed by atoms with Gasteiger partial charge in [0.05, 0.1) is 13.2 Å². The zero-order chi connectivity index (χ0) is 15.1. The summed E-state index contributed by atoms with van der Waals surface area (Å²) >= 11 is 5.36. The molecule has 1 aliphatic rings. The molecule has 116 valence electrons. The van der Waals surface area contributed by atoms with Crippen LogP contribution in [0.1, 0.15) is 19.4 Å². The van der Waals surface area contributed by atoms with E-state index in [1.54, 1.807) is 0 Å². The van der Waals surface area contributed by atoms with Gasteiger partial charge in [0.1, 0.15) is 0 Å². The first-order chi connectivity index (χ1) is 10.1. The van der Waals surface area contributed by atoms with E-state index in [1.807, 2.05) is 18.2 Å². The fraction of sp³-hybridized carbons (Fsp3) is 0.562. The van der Waals surface area contributed by atoms with Crippen molar-refractivity contribution in [1.82, 2.24) is 15.5 Å². The van der Waals surface area contributed by atoms with Crippen molar-refractivity contribution < 1.29 is 4.74 Å². The van der Waals surface area contributed by atoms with E-state index < -0.39 is 0 Å². The Kier molecular flexibility index (Phi) is 5.96. The van der Waals surface area contributed by atoms with Crippen molar-refractivity contribution in [1.29, 1.82) is 0 Å². The minimum atomic E-state index is 0.0717. The monoisotopic (exact) mass is 307 g/mol. The molecule has 0 saturated carbocycles. The molecular weight excluding hydrogens is 282 g/mol. The molecule has 5 heteroatoms. The summed E-state index contributed by atoms with van der Waals surface area (Å²) < 4.78 is 5.41. The fourth-order valence-electron chi connectivity index (χ4n) is 2.42. The maximum atomic E-state index is 5.41. The summed E-state index contributed by atoms with van der Waals surface area (Å²) in [5.74, 6) is 0. The number of benzene rings is 1. The summed E-state index contributed by atoms with van der Waals surface area (Å²) in [6.45, 7) is 9.67. The zero-order valence-corrected chi connectivity index (χ0v) is 13.7. The number of hydrogen-bond donors (Lipinski definition) is 2. The highest BCUT2D eigenvalue weighted by molar-refractivity contribution is 7.80. The number of rotatable bonds is 5. The second-order valence-corrected chi connectivity index (χ2v) is 6.34. The van der Waals surface area contributed by atoms with Crippen LogP contribution in [0.4, 0.5) is 0 Å². The third-order valence-electron chi connectivity index (χ3n) is 3.84. The van der Waals surface area contributed by atoms with E-state index in [4.69, 9.17) is 17.0 Å². The molecule has 1 aromatic carbocycles. The van der Waals surface area contributed by atoms with Gasteiger partial charge >= 0.3 is 0 Å². The molecule has 0 unspecified atom stereocenters. The van der Waals surface area contributed by atoms with E-state index in [1.165, 1.54) is 5.56 Å². The Labute approximate surface area is 132 Å². The molecule has 0 atom stereocenters. The van der Waals surface area contributed by atoms with Gasteiger partial charge in [0.15, 0.2) is 5.11 Å². The molecule has 0 radical (unpaired) electrons. The smallest absolute Gasteiger partial charge is 0.166 e. The van der Waals surface area contributed by atoms with Gasteiger partial charge in [-0.1, -0.05) is 30.3 Å². The van der Waals surface area contributed by atoms with Gasteiger partial charge in [0, 0.05) is 31.7 Å². The number of thiocarbonyl (C=S) groups is 1. The Morgan fingerprint density at radius 3 is 2.52 bits per heavy atom. The minimum absolute atomic E-state index is 0.0717. The lowest BCUT2D eigenvalue weighted by atomic mass is 10.0. The average Bonchev–Trinajstić information content (AvgIpc) is 2.53. The first kappa shape index (κ1) is 16.2. The minimum Gasteiger partial charge on any atom is -0.379 e. The van der Waals surface area contributed by atoms with Gasteiger partial charge < -0.3 is 15.4 Å². The van der Waals surface area contributed by atoms with Crippen molar-refractivity contribution in [3.8, 4) is 0 Å². The second-order valence-electron chi connectivity index (χ2n) is 5.93. The summed E-state index contributed by atoms with van der Waals surface area (Å²) in [6.07, 6.45) is 0. The van der Waals surface area contributed by atoms with Crippen LogP contribution in [-0.2, 0) is 11.3 Å². The molecule has 0 bridgehead atoms. The lowest BCUT2D eigenvalue weighted by molar-refractivity contribution is -0.00829. The average molecular weight is 307 g/mol. The molecule has 0 aliphatic carbocycles. The summed E-state index contributed by atoms with van der Waals surface area (Å²) in [5.41, 5.74) is 1.30. The van der Waals surface area contributed by atoms with Gasteiger partial charge in [-0.25, -0.2) is 0 Å². The van der Waals surface area contributed by atoms with Crippen LogP contribution in [0, 0.1) is 0 Å². The van der Waals surface area contributed by atoms with E-state index in [0.717, 1.165) is 39.4 Å². The summed E-state index contributed by atoms with van der Waals surface area (Å²) in [7, 11) is 0. The number of ether oxygens (including phenoxy) is 1. The highest BCUT2D eigenvalue weighted by atomic mass is 32.1. The highest BCUT2D eigenvalue weighted by Crippen LogP contribution is 2.14.